The fourth-order valence-electron chi connectivity index (χ4n) is 2.80. The van der Waals surface area contributed by atoms with Crippen LogP contribution >= 0.6 is 11.3 Å². The normalized spacial score (nSPS) is 12.8. The Kier molecular flexibility index (Phi) is 4.73. The first-order valence-corrected chi connectivity index (χ1v) is 8.96. The number of aliphatic hydroxyl groups is 1. The summed E-state index contributed by atoms with van der Waals surface area (Å²) in [5, 5.41) is 10.3. The van der Waals surface area contributed by atoms with Gasteiger partial charge in [-0.25, -0.2) is 23.1 Å². The van der Waals surface area contributed by atoms with Crippen molar-refractivity contribution in [2.24, 2.45) is 0 Å². The molecule has 4 aromatic heterocycles. The van der Waals surface area contributed by atoms with E-state index in [9.17, 15) is 18.3 Å². The van der Waals surface area contributed by atoms with Crippen LogP contribution < -0.4 is 5.73 Å². The lowest BCUT2D eigenvalue weighted by molar-refractivity contribution is 0.122. The van der Waals surface area contributed by atoms with Gasteiger partial charge in [0.05, 0.1) is 23.6 Å². The van der Waals surface area contributed by atoms with E-state index in [1.807, 2.05) is 0 Å². The van der Waals surface area contributed by atoms with Gasteiger partial charge in [-0.1, -0.05) is 0 Å². The summed E-state index contributed by atoms with van der Waals surface area (Å²) < 4.78 is 44.6. The largest absolute Gasteiger partial charge is 0.452 e. The summed E-state index contributed by atoms with van der Waals surface area (Å²) in [4.78, 5) is 13.5. The van der Waals surface area contributed by atoms with Crippen molar-refractivity contribution in [2.45, 2.75) is 12.3 Å². The zero-order valence-corrected chi connectivity index (χ0v) is 15.0. The predicted octanol–water partition coefficient (Wildman–Crippen LogP) is 4.13. The Balaban J connectivity index is 1.78. The average molecular weight is 406 g/mol. The fourth-order valence-corrected chi connectivity index (χ4v) is 3.93. The number of nitrogen functional groups attached to an aromatic ring is 1. The number of alkyl halides is 2. The van der Waals surface area contributed by atoms with E-state index in [0.29, 0.717) is 15.1 Å². The molecule has 4 aromatic rings. The standard InChI is InChI=1S/C18H13F3N4O2S/c19-10-2-1-5-23-14(10)9(7-26)13-6-8-16(22)24-17(25-18(8)28-13)12-4-3-11(27-12)15(20)21/h1-6,9,15,26H,7H2,(H2,22,24,25). The van der Waals surface area contributed by atoms with Gasteiger partial charge in [0, 0.05) is 11.1 Å². The first-order chi connectivity index (χ1) is 13.5. The molecule has 1 atom stereocenters. The molecule has 4 rings (SSSR count). The van der Waals surface area contributed by atoms with Crippen LogP contribution in [0.4, 0.5) is 19.0 Å². The van der Waals surface area contributed by atoms with E-state index in [1.165, 1.54) is 35.7 Å². The molecule has 0 aromatic carbocycles. The van der Waals surface area contributed by atoms with Gasteiger partial charge in [-0.3, -0.25) is 4.98 Å². The number of halogens is 3. The SMILES string of the molecule is Nc1nc(-c2ccc(C(F)F)o2)nc2sc(C(CO)c3ncccc3F)cc12. The monoisotopic (exact) mass is 406 g/mol. The molecule has 0 saturated heterocycles. The van der Waals surface area contributed by atoms with Gasteiger partial charge >= 0.3 is 0 Å². The first kappa shape index (κ1) is 18.4. The molecule has 144 valence electrons. The first-order valence-electron chi connectivity index (χ1n) is 8.14. The third-order valence-corrected chi connectivity index (χ3v) is 5.29. The summed E-state index contributed by atoms with van der Waals surface area (Å²) in [6.07, 6.45) is -1.31. The van der Waals surface area contributed by atoms with Crippen molar-refractivity contribution in [3.8, 4) is 11.6 Å². The van der Waals surface area contributed by atoms with E-state index in [-0.39, 0.29) is 29.7 Å². The molecule has 10 heteroatoms. The van der Waals surface area contributed by atoms with Crippen LogP contribution in [0.5, 0.6) is 0 Å². The molecule has 0 aliphatic heterocycles. The summed E-state index contributed by atoms with van der Waals surface area (Å²) in [6.45, 7) is -0.364. The van der Waals surface area contributed by atoms with Crippen molar-refractivity contribution in [2.75, 3.05) is 12.3 Å². The minimum absolute atomic E-state index is 0.0633. The third-order valence-electron chi connectivity index (χ3n) is 4.15. The van der Waals surface area contributed by atoms with Crippen LogP contribution in [0.15, 0.2) is 40.9 Å². The molecule has 0 saturated carbocycles. The quantitative estimate of drug-likeness (QED) is 0.517. The maximum Gasteiger partial charge on any atom is 0.295 e. The van der Waals surface area contributed by atoms with Crippen LogP contribution in [-0.2, 0) is 0 Å². The van der Waals surface area contributed by atoms with Gasteiger partial charge in [0.25, 0.3) is 6.43 Å². The smallest absolute Gasteiger partial charge is 0.295 e. The van der Waals surface area contributed by atoms with Gasteiger partial charge in [0.1, 0.15) is 16.5 Å². The second-order valence-electron chi connectivity index (χ2n) is 5.91. The Morgan fingerprint density at radius 2 is 2.04 bits per heavy atom. The number of fused-ring (bicyclic) bond motifs is 1. The lowest BCUT2D eigenvalue weighted by Crippen LogP contribution is -2.08. The minimum Gasteiger partial charge on any atom is -0.452 e. The van der Waals surface area contributed by atoms with Crippen molar-refractivity contribution in [1.29, 1.82) is 0 Å². The van der Waals surface area contributed by atoms with Crippen molar-refractivity contribution in [1.82, 2.24) is 15.0 Å². The van der Waals surface area contributed by atoms with Crippen molar-refractivity contribution >= 4 is 27.4 Å². The average Bonchev–Trinajstić information content (AvgIpc) is 3.31. The summed E-state index contributed by atoms with van der Waals surface area (Å²) in [7, 11) is 0. The van der Waals surface area contributed by atoms with Gasteiger partial charge in [-0.05, 0) is 30.3 Å². The Hall–Kier alpha value is -2.98. The molecule has 28 heavy (non-hydrogen) atoms. The number of furan rings is 1. The van der Waals surface area contributed by atoms with E-state index in [2.05, 4.69) is 15.0 Å². The zero-order valence-electron chi connectivity index (χ0n) is 14.1. The number of pyridine rings is 1. The maximum absolute atomic E-state index is 14.1. The van der Waals surface area contributed by atoms with Crippen LogP contribution in [0.3, 0.4) is 0 Å². The van der Waals surface area contributed by atoms with Crippen LogP contribution in [0.25, 0.3) is 21.8 Å². The van der Waals surface area contributed by atoms with Gasteiger partial charge in [0.2, 0.25) is 0 Å². The van der Waals surface area contributed by atoms with Crippen molar-refractivity contribution in [3.63, 3.8) is 0 Å². The second-order valence-corrected chi connectivity index (χ2v) is 6.97. The second kappa shape index (κ2) is 7.21. The molecule has 4 heterocycles. The highest BCUT2D eigenvalue weighted by atomic mass is 32.1. The minimum atomic E-state index is -2.75. The molecular formula is C18H13F3N4O2S. The number of aromatic nitrogens is 3. The fraction of sp³-hybridized carbons (Fsp3) is 0.167. The maximum atomic E-state index is 14.1. The van der Waals surface area contributed by atoms with Crippen LogP contribution in [0, 0.1) is 5.82 Å². The lowest BCUT2D eigenvalue weighted by atomic mass is 10.0. The highest BCUT2D eigenvalue weighted by Crippen LogP contribution is 2.37. The number of rotatable bonds is 5. The van der Waals surface area contributed by atoms with Crippen LogP contribution in [0.1, 0.15) is 28.7 Å². The van der Waals surface area contributed by atoms with E-state index >= 15 is 0 Å². The number of anilines is 1. The molecule has 0 aliphatic carbocycles. The van der Waals surface area contributed by atoms with E-state index in [0.717, 1.165) is 6.07 Å². The van der Waals surface area contributed by atoms with Gasteiger partial charge in [-0.15, -0.1) is 11.3 Å². The van der Waals surface area contributed by atoms with Gasteiger partial charge in [0.15, 0.2) is 17.3 Å². The van der Waals surface area contributed by atoms with Gasteiger partial charge in [-0.2, -0.15) is 0 Å². The Morgan fingerprint density at radius 1 is 1.21 bits per heavy atom. The van der Waals surface area contributed by atoms with E-state index in [1.54, 1.807) is 6.07 Å². The molecule has 0 bridgehead atoms. The number of aliphatic hydroxyl groups excluding tert-OH is 1. The summed E-state index contributed by atoms with van der Waals surface area (Å²) >= 11 is 1.18. The number of thiophene rings is 1. The highest BCUT2D eigenvalue weighted by molar-refractivity contribution is 7.18. The Labute approximate surface area is 160 Å². The molecule has 0 aliphatic rings. The number of nitrogens with two attached hydrogens (primary N) is 1. The summed E-state index contributed by atoms with van der Waals surface area (Å²) in [5.41, 5.74) is 6.11. The zero-order chi connectivity index (χ0) is 19.8. The number of hydrogen-bond donors (Lipinski definition) is 2. The Bertz CT molecular complexity index is 1150. The molecule has 0 amide bonds. The summed E-state index contributed by atoms with van der Waals surface area (Å²) in [6, 6.07) is 6.89. The van der Waals surface area contributed by atoms with Gasteiger partial charge < -0.3 is 15.3 Å². The third kappa shape index (κ3) is 3.20. The van der Waals surface area contributed by atoms with Crippen molar-refractivity contribution < 1.29 is 22.7 Å². The number of hydrogen-bond acceptors (Lipinski definition) is 7. The highest BCUT2D eigenvalue weighted by Gasteiger charge is 2.23. The lowest BCUT2D eigenvalue weighted by Gasteiger charge is -2.11. The van der Waals surface area contributed by atoms with E-state index in [4.69, 9.17) is 10.2 Å². The molecule has 0 spiro atoms. The number of nitrogens with zero attached hydrogens (tertiary/aromatic N) is 3. The van der Waals surface area contributed by atoms with Crippen LogP contribution in [-0.4, -0.2) is 26.7 Å². The topological polar surface area (TPSA) is 98.1 Å². The van der Waals surface area contributed by atoms with Crippen LogP contribution in [0.2, 0.25) is 0 Å². The molecule has 6 nitrogen and oxygen atoms in total. The molecule has 3 N–H and O–H groups in total. The predicted molar refractivity (Wildman–Crippen MR) is 97.6 cm³/mol. The summed E-state index contributed by atoms with van der Waals surface area (Å²) in [5.74, 6) is -1.47. The molecular weight excluding hydrogens is 393 g/mol. The molecule has 1 unspecified atom stereocenters. The molecule has 0 fully saturated rings. The Morgan fingerprint density at radius 3 is 2.71 bits per heavy atom. The van der Waals surface area contributed by atoms with E-state index < -0.39 is 23.9 Å². The molecule has 0 radical (unpaired) electrons. The van der Waals surface area contributed by atoms with Crippen molar-refractivity contribution in [3.05, 3.63) is 58.7 Å².